The molecule has 0 aliphatic carbocycles. The lowest BCUT2D eigenvalue weighted by Gasteiger charge is -1.96. The highest BCUT2D eigenvalue weighted by molar-refractivity contribution is 5.77. The van der Waals surface area contributed by atoms with E-state index in [-0.39, 0.29) is 6.61 Å². The van der Waals surface area contributed by atoms with Crippen molar-refractivity contribution >= 4 is 5.97 Å². The van der Waals surface area contributed by atoms with Crippen molar-refractivity contribution in [1.82, 2.24) is 0 Å². The van der Waals surface area contributed by atoms with Gasteiger partial charge < -0.3 is 9.84 Å². The molecule has 0 amide bonds. The maximum atomic E-state index is 10.1. The molecule has 0 aromatic carbocycles. The molecule has 5 heteroatoms. The summed E-state index contributed by atoms with van der Waals surface area (Å²) in [6, 6.07) is 0. The smallest absolute Gasteiger partial charge is 0.372 e. The summed E-state index contributed by atoms with van der Waals surface area (Å²) in [4.78, 5) is 18.5. The van der Waals surface area contributed by atoms with Crippen LogP contribution in [0.3, 0.4) is 0 Å². The van der Waals surface area contributed by atoms with Crippen molar-refractivity contribution in [1.29, 1.82) is 0 Å². The zero-order chi connectivity index (χ0) is 6.91. The van der Waals surface area contributed by atoms with E-state index in [1.165, 1.54) is 7.11 Å². The number of hydrogen-bond donors (Lipinski definition) is 1. The molecule has 0 atom stereocenters. The molecule has 1 N–H and O–H groups in total. The van der Waals surface area contributed by atoms with Gasteiger partial charge >= 0.3 is 11.8 Å². The molecule has 1 fully saturated rings. The number of aliphatic carboxylic acids is 1. The summed E-state index contributed by atoms with van der Waals surface area (Å²) in [5.41, 5.74) is 0. The minimum Gasteiger partial charge on any atom is -0.477 e. The Bertz CT molecular complexity index is 127. The standard InChI is InChI=1S/C4H6O5/c1-7-2-4(3(5)6)8-9-4/h2H2,1H3,(H,5,6). The molecule has 1 saturated heterocycles. The number of rotatable bonds is 3. The SMILES string of the molecule is COCC1(C(=O)O)OO1. The largest absolute Gasteiger partial charge is 0.477 e. The highest BCUT2D eigenvalue weighted by Crippen LogP contribution is 2.29. The predicted octanol–water partition coefficient (Wildman–Crippen LogP) is -0.625. The van der Waals surface area contributed by atoms with Crippen molar-refractivity contribution in [3.63, 3.8) is 0 Å². The number of carboxylic acids is 1. The molecular weight excluding hydrogens is 128 g/mol. The number of carbonyl (C=O) groups is 1. The molecule has 1 aliphatic heterocycles. The molecule has 0 saturated carbocycles. The molecular formula is C4H6O5. The lowest BCUT2D eigenvalue weighted by atomic mass is 10.3. The van der Waals surface area contributed by atoms with Crippen LogP contribution >= 0.6 is 0 Å². The number of ether oxygens (including phenoxy) is 1. The van der Waals surface area contributed by atoms with E-state index in [1.807, 2.05) is 0 Å². The highest BCUT2D eigenvalue weighted by Gasteiger charge is 2.57. The van der Waals surface area contributed by atoms with Crippen molar-refractivity contribution in [2.75, 3.05) is 13.7 Å². The highest BCUT2D eigenvalue weighted by atomic mass is 17.4. The Morgan fingerprint density at radius 1 is 1.78 bits per heavy atom. The Balaban J connectivity index is 2.43. The predicted molar refractivity (Wildman–Crippen MR) is 24.4 cm³/mol. The van der Waals surface area contributed by atoms with Crippen LogP contribution in [0.5, 0.6) is 0 Å². The molecule has 0 unspecified atom stereocenters. The minimum absolute atomic E-state index is 0.0810. The normalized spacial score (nSPS) is 21.4. The van der Waals surface area contributed by atoms with Crippen LogP contribution < -0.4 is 0 Å². The van der Waals surface area contributed by atoms with Gasteiger partial charge in [-0.3, -0.25) is 0 Å². The first kappa shape index (κ1) is 6.47. The van der Waals surface area contributed by atoms with Gasteiger partial charge in [-0.2, -0.15) is 9.78 Å². The van der Waals surface area contributed by atoms with Gasteiger partial charge in [0.05, 0.1) is 0 Å². The van der Waals surface area contributed by atoms with Crippen LogP contribution in [0.25, 0.3) is 0 Å². The topological polar surface area (TPSA) is 71.6 Å². The van der Waals surface area contributed by atoms with Crippen molar-refractivity contribution in [2.45, 2.75) is 5.79 Å². The summed E-state index contributed by atoms with van der Waals surface area (Å²) in [6.45, 7) is -0.0810. The van der Waals surface area contributed by atoms with Gasteiger partial charge in [0, 0.05) is 7.11 Å². The quantitative estimate of drug-likeness (QED) is 0.411. The van der Waals surface area contributed by atoms with E-state index in [1.54, 1.807) is 0 Å². The Morgan fingerprint density at radius 2 is 2.33 bits per heavy atom. The number of hydrogen-bond acceptors (Lipinski definition) is 4. The molecule has 0 aromatic rings. The average molecular weight is 134 g/mol. The summed E-state index contributed by atoms with van der Waals surface area (Å²) < 4.78 is 4.50. The summed E-state index contributed by atoms with van der Waals surface area (Å²) >= 11 is 0. The Kier molecular flexibility index (Phi) is 1.40. The third-order valence-electron chi connectivity index (χ3n) is 0.945. The van der Waals surface area contributed by atoms with Gasteiger partial charge in [0.25, 0.3) is 0 Å². The number of carboxylic acid groups (broad SMARTS) is 1. The molecule has 1 aliphatic rings. The van der Waals surface area contributed by atoms with Crippen LogP contribution in [0.2, 0.25) is 0 Å². The first-order valence-electron chi connectivity index (χ1n) is 2.30. The maximum absolute atomic E-state index is 10.1. The summed E-state index contributed by atoms with van der Waals surface area (Å²) in [5, 5.41) is 8.30. The van der Waals surface area contributed by atoms with E-state index >= 15 is 0 Å². The van der Waals surface area contributed by atoms with Crippen molar-refractivity contribution in [3.05, 3.63) is 0 Å². The summed E-state index contributed by atoms with van der Waals surface area (Å²) in [6.07, 6.45) is 0. The Morgan fingerprint density at radius 3 is 2.44 bits per heavy atom. The molecule has 0 bridgehead atoms. The fourth-order valence-electron chi connectivity index (χ4n) is 0.421. The van der Waals surface area contributed by atoms with E-state index in [0.29, 0.717) is 0 Å². The molecule has 1 rings (SSSR count). The average Bonchev–Trinajstić information content (AvgIpc) is 2.49. The second-order valence-electron chi connectivity index (χ2n) is 1.66. The first-order chi connectivity index (χ1) is 4.21. The van der Waals surface area contributed by atoms with Gasteiger partial charge in [0.2, 0.25) is 0 Å². The zero-order valence-corrected chi connectivity index (χ0v) is 4.79. The van der Waals surface area contributed by atoms with Gasteiger partial charge in [0.15, 0.2) is 0 Å². The fraction of sp³-hybridized carbons (Fsp3) is 0.750. The van der Waals surface area contributed by atoms with E-state index in [9.17, 15) is 4.79 Å². The Hall–Kier alpha value is -0.650. The van der Waals surface area contributed by atoms with E-state index in [0.717, 1.165) is 0 Å². The lowest BCUT2D eigenvalue weighted by molar-refractivity contribution is -0.146. The molecule has 0 radical (unpaired) electrons. The second-order valence-corrected chi connectivity index (χ2v) is 1.66. The fourth-order valence-corrected chi connectivity index (χ4v) is 0.421. The van der Waals surface area contributed by atoms with Crippen molar-refractivity contribution in [3.8, 4) is 0 Å². The van der Waals surface area contributed by atoms with Gasteiger partial charge in [-0.25, -0.2) is 4.79 Å². The summed E-state index contributed by atoms with van der Waals surface area (Å²) in [7, 11) is 1.37. The molecule has 0 spiro atoms. The van der Waals surface area contributed by atoms with Gasteiger partial charge in [-0.05, 0) is 0 Å². The monoisotopic (exact) mass is 134 g/mol. The number of methoxy groups -OCH3 is 1. The zero-order valence-electron chi connectivity index (χ0n) is 4.79. The molecule has 52 valence electrons. The van der Waals surface area contributed by atoms with Crippen LogP contribution in [-0.2, 0) is 19.3 Å². The summed E-state index contributed by atoms with van der Waals surface area (Å²) in [5.74, 6) is -2.67. The molecule has 5 nitrogen and oxygen atoms in total. The lowest BCUT2D eigenvalue weighted by Crippen LogP contribution is -2.28. The third-order valence-corrected chi connectivity index (χ3v) is 0.945. The van der Waals surface area contributed by atoms with Gasteiger partial charge in [0.1, 0.15) is 6.61 Å². The van der Waals surface area contributed by atoms with Crippen molar-refractivity contribution < 1.29 is 24.4 Å². The van der Waals surface area contributed by atoms with Crippen molar-refractivity contribution in [2.24, 2.45) is 0 Å². The van der Waals surface area contributed by atoms with Crippen LogP contribution in [0.4, 0.5) is 0 Å². The maximum Gasteiger partial charge on any atom is 0.372 e. The minimum atomic E-state index is -1.51. The van der Waals surface area contributed by atoms with Gasteiger partial charge in [-0.15, -0.1) is 0 Å². The van der Waals surface area contributed by atoms with Crippen LogP contribution in [-0.4, -0.2) is 30.6 Å². The molecule has 1 heterocycles. The van der Waals surface area contributed by atoms with Crippen LogP contribution in [0.1, 0.15) is 0 Å². The third kappa shape index (κ3) is 1.02. The molecule has 0 aromatic heterocycles. The Labute approximate surface area is 51.1 Å². The van der Waals surface area contributed by atoms with E-state index in [4.69, 9.17) is 5.11 Å². The molecule has 9 heavy (non-hydrogen) atoms. The first-order valence-corrected chi connectivity index (χ1v) is 2.30. The van der Waals surface area contributed by atoms with Crippen LogP contribution in [0.15, 0.2) is 0 Å². The van der Waals surface area contributed by atoms with E-state index in [2.05, 4.69) is 14.5 Å². The van der Waals surface area contributed by atoms with Crippen LogP contribution in [0, 0.1) is 0 Å². The second kappa shape index (κ2) is 1.94. The van der Waals surface area contributed by atoms with E-state index < -0.39 is 11.8 Å². The van der Waals surface area contributed by atoms with Gasteiger partial charge in [-0.1, -0.05) is 0 Å².